The Bertz CT molecular complexity index is 392. The summed E-state index contributed by atoms with van der Waals surface area (Å²) in [4.78, 5) is 0. The smallest absolute Gasteiger partial charge is 0.144 e. The van der Waals surface area contributed by atoms with E-state index in [-0.39, 0.29) is 10.8 Å². The van der Waals surface area contributed by atoms with E-state index in [1.807, 2.05) is 12.1 Å². The van der Waals surface area contributed by atoms with Gasteiger partial charge >= 0.3 is 0 Å². The Morgan fingerprint density at radius 2 is 1.95 bits per heavy atom. The number of benzene rings is 1. The summed E-state index contributed by atoms with van der Waals surface area (Å²) < 4.78 is 14.0. The van der Waals surface area contributed by atoms with Gasteiger partial charge in [-0.1, -0.05) is 44.5 Å². The van der Waals surface area contributed by atoms with Crippen molar-refractivity contribution in [1.29, 1.82) is 0 Å². The molecule has 0 aromatic heterocycles. The van der Waals surface area contributed by atoms with E-state index >= 15 is 0 Å². The van der Waals surface area contributed by atoms with Crippen LogP contribution in [-0.4, -0.2) is 12.6 Å². The molecule has 1 aromatic rings. The minimum Gasteiger partial charge on any atom is -0.314 e. The van der Waals surface area contributed by atoms with E-state index in [2.05, 4.69) is 33.0 Å². The molecule has 0 aliphatic rings. The highest BCUT2D eigenvalue weighted by Gasteiger charge is 2.22. The van der Waals surface area contributed by atoms with Crippen LogP contribution < -0.4 is 5.32 Å². The SMILES string of the molecule is CCCNC(C)C(Cc1cccc(Cl)c1F)C(C)C. The monoisotopic (exact) mass is 285 g/mol. The molecule has 0 saturated heterocycles. The summed E-state index contributed by atoms with van der Waals surface area (Å²) in [5.74, 6) is 0.634. The fourth-order valence-corrected chi connectivity index (χ4v) is 2.67. The maximum atomic E-state index is 14.0. The Kier molecular flexibility index (Phi) is 6.81. The third-order valence-electron chi connectivity index (χ3n) is 3.70. The predicted molar refractivity (Wildman–Crippen MR) is 81.2 cm³/mol. The molecule has 108 valence electrons. The maximum Gasteiger partial charge on any atom is 0.144 e. The Labute approximate surface area is 121 Å². The number of nitrogens with one attached hydrogen (secondary N) is 1. The Morgan fingerprint density at radius 1 is 1.26 bits per heavy atom. The zero-order valence-corrected chi connectivity index (χ0v) is 13.1. The molecule has 1 aromatic carbocycles. The molecule has 0 bridgehead atoms. The van der Waals surface area contributed by atoms with Crippen molar-refractivity contribution < 1.29 is 4.39 Å². The molecule has 3 heteroatoms. The van der Waals surface area contributed by atoms with Crippen LogP contribution in [-0.2, 0) is 6.42 Å². The van der Waals surface area contributed by atoms with Crippen LogP contribution in [0.3, 0.4) is 0 Å². The van der Waals surface area contributed by atoms with Crippen molar-refractivity contribution in [1.82, 2.24) is 5.32 Å². The lowest BCUT2D eigenvalue weighted by molar-refractivity contribution is 0.286. The van der Waals surface area contributed by atoms with E-state index in [1.54, 1.807) is 6.07 Å². The van der Waals surface area contributed by atoms with Gasteiger partial charge in [-0.3, -0.25) is 0 Å². The highest BCUT2D eigenvalue weighted by molar-refractivity contribution is 6.30. The standard InChI is InChI=1S/C16H25ClFN/c1-5-9-19-12(4)14(11(2)3)10-13-7-6-8-15(17)16(13)18/h6-8,11-12,14,19H,5,9-10H2,1-4H3. The second-order valence-corrected chi connectivity index (χ2v) is 5.97. The minimum absolute atomic E-state index is 0.217. The topological polar surface area (TPSA) is 12.0 Å². The summed E-state index contributed by atoms with van der Waals surface area (Å²) >= 11 is 5.85. The van der Waals surface area contributed by atoms with E-state index in [0.29, 0.717) is 17.9 Å². The van der Waals surface area contributed by atoms with Crippen LogP contribution in [0.2, 0.25) is 5.02 Å². The van der Waals surface area contributed by atoms with Crippen LogP contribution in [0.1, 0.15) is 39.7 Å². The molecule has 0 saturated carbocycles. The van der Waals surface area contributed by atoms with E-state index in [4.69, 9.17) is 11.6 Å². The van der Waals surface area contributed by atoms with Crippen molar-refractivity contribution in [2.24, 2.45) is 11.8 Å². The molecule has 0 heterocycles. The Morgan fingerprint density at radius 3 is 2.53 bits per heavy atom. The van der Waals surface area contributed by atoms with Crippen molar-refractivity contribution in [2.75, 3.05) is 6.54 Å². The fourth-order valence-electron chi connectivity index (χ4n) is 2.47. The van der Waals surface area contributed by atoms with Crippen molar-refractivity contribution >= 4 is 11.6 Å². The molecule has 1 rings (SSSR count). The predicted octanol–water partition coefficient (Wildman–Crippen LogP) is 4.68. The summed E-state index contributed by atoms with van der Waals surface area (Å²) in [6, 6.07) is 5.63. The lowest BCUT2D eigenvalue weighted by Gasteiger charge is -2.28. The van der Waals surface area contributed by atoms with Crippen LogP contribution in [0.25, 0.3) is 0 Å². The molecule has 0 aliphatic carbocycles. The summed E-state index contributed by atoms with van der Waals surface area (Å²) in [7, 11) is 0. The van der Waals surface area contributed by atoms with Crippen LogP contribution in [0, 0.1) is 17.7 Å². The number of halogens is 2. The van der Waals surface area contributed by atoms with E-state index in [1.165, 1.54) is 0 Å². The van der Waals surface area contributed by atoms with Gasteiger partial charge < -0.3 is 5.32 Å². The third-order valence-corrected chi connectivity index (χ3v) is 3.99. The molecule has 0 radical (unpaired) electrons. The normalized spacial score (nSPS) is 14.7. The van der Waals surface area contributed by atoms with Gasteiger partial charge in [0.2, 0.25) is 0 Å². The zero-order valence-electron chi connectivity index (χ0n) is 12.3. The third kappa shape index (κ3) is 4.77. The van der Waals surface area contributed by atoms with Crippen molar-refractivity contribution in [3.05, 3.63) is 34.6 Å². The summed E-state index contributed by atoms with van der Waals surface area (Å²) in [6.07, 6.45) is 1.84. The first-order valence-electron chi connectivity index (χ1n) is 7.13. The van der Waals surface area contributed by atoms with Gasteiger partial charge in [0.05, 0.1) is 5.02 Å². The Balaban J connectivity index is 2.81. The molecule has 2 unspecified atom stereocenters. The largest absolute Gasteiger partial charge is 0.314 e. The lowest BCUT2D eigenvalue weighted by atomic mass is 9.83. The molecule has 0 fully saturated rings. The molecule has 1 nitrogen and oxygen atoms in total. The molecular formula is C16H25ClFN. The molecular weight excluding hydrogens is 261 g/mol. The van der Waals surface area contributed by atoms with Crippen LogP contribution >= 0.6 is 11.6 Å². The number of rotatable bonds is 7. The van der Waals surface area contributed by atoms with E-state index in [9.17, 15) is 4.39 Å². The molecule has 2 atom stereocenters. The van der Waals surface area contributed by atoms with E-state index in [0.717, 1.165) is 24.9 Å². The van der Waals surface area contributed by atoms with Crippen LogP contribution in [0.4, 0.5) is 4.39 Å². The highest BCUT2D eigenvalue weighted by atomic mass is 35.5. The lowest BCUT2D eigenvalue weighted by Crippen LogP contribution is -2.38. The van der Waals surface area contributed by atoms with Gasteiger partial charge in [-0.2, -0.15) is 0 Å². The first-order chi connectivity index (χ1) is 8.97. The van der Waals surface area contributed by atoms with Crippen LogP contribution in [0.15, 0.2) is 18.2 Å². The van der Waals surface area contributed by atoms with Gasteiger partial charge in [0.15, 0.2) is 0 Å². The minimum atomic E-state index is -0.266. The highest BCUT2D eigenvalue weighted by Crippen LogP contribution is 2.25. The average Bonchev–Trinajstić information content (AvgIpc) is 2.37. The molecule has 0 amide bonds. The van der Waals surface area contributed by atoms with Crippen molar-refractivity contribution in [3.8, 4) is 0 Å². The van der Waals surface area contributed by atoms with Gasteiger partial charge in [0, 0.05) is 6.04 Å². The molecule has 19 heavy (non-hydrogen) atoms. The second kappa shape index (κ2) is 7.86. The first-order valence-corrected chi connectivity index (χ1v) is 7.51. The molecule has 0 spiro atoms. The molecule has 1 N–H and O–H groups in total. The maximum absolute atomic E-state index is 14.0. The van der Waals surface area contributed by atoms with Crippen molar-refractivity contribution in [3.63, 3.8) is 0 Å². The number of hydrogen-bond acceptors (Lipinski definition) is 1. The van der Waals surface area contributed by atoms with Gasteiger partial charge in [-0.05, 0) is 49.8 Å². The van der Waals surface area contributed by atoms with E-state index < -0.39 is 0 Å². The zero-order chi connectivity index (χ0) is 14.4. The van der Waals surface area contributed by atoms with Gasteiger partial charge in [0.25, 0.3) is 0 Å². The molecule has 0 aliphatic heterocycles. The van der Waals surface area contributed by atoms with Gasteiger partial charge in [-0.25, -0.2) is 4.39 Å². The second-order valence-electron chi connectivity index (χ2n) is 5.57. The Hall–Kier alpha value is -0.600. The quantitative estimate of drug-likeness (QED) is 0.767. The van der Waals surface area contributed by atoms with Gasteiger partial charge in [-0.15, -0.1) is 0 Å². The summed E-state index contributed by atoms with van der Waals surface area (Å²) in [5, 5.41) is 3.73. The van der Waals surface area contributed by atoms with Crippen molar-refractivity contribution in [2.45, 2.75) is 46.6 Å². The van der Waals surface area contributed by atoms with Crippen LogP contribution in [0.5, 0.6) is 0 Å². The average molecular weight is 286 g/mol. The van der Waals surface area contributed by atoms with Gasteiger partial charge in [0.1, 0.15) is 5.82 Å². The summed E-state index contributed by atoms with van der Waals surface area (Å²) in [6.45, 7) is 9.72. The fraction of sp³-hybridized carbons (Fsp3) is 0.625. The number of hydrogen-bond donors (Lipinski definition) is 1. The summed E-state index contributed by atoms with van der Waals surface area (Å²) in [5.41, 5.74) is 0.719. The first kappa shape index (κ1) is 16.5.